The fraction of sp³-hybridized carbons (Fsp3) is 0.122. The zero-order valence-corrected chi connectivity index (χ0v) is 24.8. The molecule has 0 unspecified atom stereocenters. The first-order valence-corrected chi connectivity index (χ1v) is 15.5. The minimum Gasteiger partial charge on any atom is -0.0776 e. The molecule has 0 aliphatic heterocycles. The van der Waals surface area contributed by atoms with Gasteiger partial charge in [0.05, 0.1) is 0 Å². The third-order valence-electron chi connectivity index (χ3n) is 6.09. The molecule has 4 radical (unpaired) electrons. The van der Waals surface area contributed by atoms with Crippen molar-refractivity contribution in [2.75, 3.05) is 0 Å². The van der Waals surface area contributed by atoms with Crippen molar-refractivity contribution in [1.29, 1.82) is 0 Å². The summed E-state index contributed by atoms with van der Waals surface area (Å²) in [4.78, 5) is 0. The SMILES string of the molecule is C.C.C.C.C.[2HH].[B].[Cu].[HH].c1ccc(P(c2ccccc2)c2ccccc2)cc1.c1ccc(P(c2ccccc2)c2ccccc2)cc1. The average molecular weight is 684 g/mol. The average Bonchev–Trinajstić information content (AvgIpc) is 3.01. The van der Waals surface area contributed by atoms with Crippen molar-refractivity contribution in [3.05, 3.63) is 182 Å². The van der Waals surface area contributed by atoms with Crippen LogP contribution in [0.2, 0.25) is 0 Å². The molecule has 0 heterocycles. The summed E-state index contributed by atoms with van der Waals surface area (Å²) >= 11 is 0. The topological polar surface area (TPSA) is 0 Å². The zero-order chi connectivity index (χ0) is 25.8. The third-order valence-corrected chi connectivity index (χ3v) is 11.0. The Balaban J connectivity index is -0.000000210. The summed E-state index contributed by atoms with van der Waals surface area (Å²) in [5.41, 5.74) is 0. The Morgan fingerprint density at radius 2 is 0.378 bits per heavy atom. The van der Waals surface area contributed by atoms with Gasteiger partial charge in [-0.1, -0.05) is 219 Å². The van der Waals surface area contributed by atoms with E-state index in [1.807, 2.05) is 0 Å². The van der Waals surface area contributed by atoms with Gasteiger partial charge in [-0.2, -0.15) is 0 Å². The summed E-state index contributed by atoms with van der Waals surface area (Å²) < 4.78 is 0. The molecule has 0 amide bonds. The van der Waals surface area contributed by atoms with Gasteiger partial charge in [0.2, 0.25) is 0 Å². The number of benzene rings is 6. The van der Waals surface area contributed by atoms with Gasteiger partial charge in [0.15, 0.2) is 0 Å². The molecule has 242 valence electrons. The van der Waals surface area contributed by atoms with Crippen LogP contribution >= 0.6 is 15.8 Å². The van der Waals surface area contributed by atoms with Gasteiger partial charge >= 0.3 is 0 Å². The second-order valence-corrected chi connectivity index (χ2v) is 13.1. The van der Waals surface area contributed by atoms with Crippen LogP contribution in [0.5, 0.6) is 0 Å². The molecule has 0 atom stereocenters. The molecule has 6 rings (SSSR count). The molecule has 0 nitrogen and oxygen atoms in total. The summed E-state index contributed by atoms with van der Waals surface area (Å²) in [7, 11) is -0.892. The van der Waals surface area contributed by atoms with Crippen LogP contribution in [-0.4, -0.2) is 8.41 Å². The van der Waals surface area contributed by atoms with Crippen LogP contribution in [0.4, 0.5) is 0 Å². The molecule has 0 fully saturated rings. The van der Waals surface area contributed by atoms with Gasteiger partial charge in [-0.25, -0.2) is 0 Å². The zero-order valence-electron chi connectivity index (χ0n) is 22.1. The Hall–Kier alpha value is -3.24. The van der Waals surface area contributed by atoms with Crippen molar-refractivity contribution in [1.82, 2.24) is 0 Å². The predicted octanol–water partition coefficient (Wildman–Crippen LogP) is 10.2. The molecule has 0 saturated carbocycles. The van der Waals surface area contributed by atoms with Crippen molar-refractivity contribution < 1.29 is 19.9 Å². The Kier molecular flexibility index (Phi) is 25.7. The Labute approximate surface area is 293 Å². The molecule has 0 N–H and O–H groups in total. The van der Waals surface area contributed by atoms with Crippen LogP contribution in [0.3, 0.4) is 0 Å². The van der Waals surface area contributed by atoms with E-state index in [0.29, 0.717) is 0 Å². The molecule has 0 aliphatic rings. The summed E-state index contributed by atoms with van der Waals surface area (Å²) in [6.45, 7) is 0. The first-order chi connectivity index (χ1) is 18.9. The minimum absolute atomic E-state index is 0. The molecule has 6 aromatic rings. The second-order valence-electron chi connectivity index (χ2n) is 8.68. The molecule has 0 aromatic heterocycles. The van der Waals surface area contributed by atoms with Gasteiger partial charge in [-0.15, -0.1) is 0 Å². The van der Waals surface area contributed by atoms with E-state index in [0.717, 1.165) is 0 Å². The van der Waals surface area contributed by atoms with Gasteiger partial charge in [0.25, 0.3) is 0 Å². The van der Waals surface area contributed by atoms with Crippen molar-refractivity contribution in [3.63, 3.8) is 0 Å². The van der Waals surface area contributed by atoms with Gasteiger partial charge in [-0.05, 0) is 47.7 Å². The number of rotatable bonds is 6. The summed E-state index contributed by atoms with van der Waals surface area (Å²) in [5.74, 6) is 0. The smallest absolute Gasteiger partial charge is 0 e. The van der Waals surface area contributed by atoms with Crippen molar-refractivity contribution in [3.8, 4) is 0 Å². The second kappa shape index (κ2) is 25.0. The van der Waals surface area contributed by atoms with Gasteiger partial charge in [0.1, 0.15) is 0 Å². The van der Waals surface area contributed by atoms with E-state index < -0.39 is 15.8 Å². The van der Waals surface area contributed by atoms with E-state index in [4.69, 9.17) is 0 Å². The Morgan fingerprint density at radius 1 is 0.267 bits per heavy atom. The van der Waals surface area contributed by atoms with Crippen LogP contribution in [-0.2, 0) is 17.1 Å². The van der Waals surface area contributed by atoms with Gasteiger partial charge < -0.3 is 0 Å². The van der Waals surface area contributed by atoms with Crippen molar-refractivity contribution in [2.24, 2.45) is 0 Å². The Morgan fingerprint density at radius 3 is 0.489 bits per heavy atom. The standard InChI is InChI=1S/2C18H15P.5CH4.B.Cu.2H2/c2*1-4-10-16(11-5-1)19(17-12-6-2-7-13-17)18-14-8-3-9-15-18;;;;;;;;;/h2*1-15H;5*1H4;;;2*1H/i;;;;;;;;;1+1;. The number of hydrogen-bond acceptors (Lipinski definition) is 0. The van der Waals surface area contributed by atoms with E-state index in [-0.39, 0.29) is 65.5 Å². The molecular weight excluding hydrogens is 629 g/mol. The molecule has 0 aliphatic carbocycles. The molecular formula is C41H54BCuP2. The van der Waals surface area contributed by atoms with Crippen LogP contribution in [0.15, 0.2) is 182 Å². The van der Waals surface area contributed by atoms with E-state index >= 15 is 0 Å². The third kappa shape index (κ3) is 13.0. The predicted molar refractivity (Wildman–Crippen MR) is 214 cm³/mol. The van der Waals surface area contributed by atoms with E-state index in [1.165, 1.54) is 31.8 Å². The fourth-order valence-corrected chi connectivity index (χ4v) is 8.97. The van der Waals surface area contributed by atoms with Crippen LogP contribution in [0, 0.1) is 0 Å². The maximum atomic E-state index is 2.23. The normalized spacial score (nSPS) is 8.93. The molecule has 0 saturated heterocycles. The van der Waals surface area contributed by atoms with E-state index in [1.54, 1.807) is 0 Å². The maximum Gasteiger partial charge on any atom is 0 e. The molecule has 0 bridgehead atoms. The molecule has 0 spiro atoms. The monoisotopic (exact) mass is 683 g/mol. The number of hydrogen-bond donors (Lipinski definition) is 0. The summed E-state index contributed by atoms with van der Waals surface area (Å²) in [6.07, 6.45) is 0. The van der Waals surface area contributed by atoms with Gasteiger partial charge in [-0.3, -0.25) is 0 Å². The van der Waals surface area contributed by atoms with Crippen LogP contribution < -0.4 is 31.8 Å². The van der Waals surface area contributed by atoms with Crippen LogP contribution in [0.25, 0.3) is 0 Å². The fourth-order valence-electron chi connectivity index (χ4n) is 4.36. The molecule has 45 heavy (non-hydrogen) atoms. The summed E-state index contributed by atoms with van der Waals surface area (Å²) in [6, 6.07) is 64.7. The van der Waals surface area contributed by atoms with Crippen molar-refractivity contribution >= 4 is 56.1 Å². The largest absolute Gasteiger partial charge is 0.0776 e. The Bertz CT molecular complexity index is 1190. The van der Waals surface area contributed by atoms with E-state index in [9.17, 15) is 0 Å². The first kappa shape index (κ1) is 46.2. The van der Waals surface area contributed by atoms with Gasteiger partial charge in [0, 0.05) is 28.3 Å². The van der Waals surface area contributed by atoms with Crippen LogP contribution in [0.1, 0.15) is 40.0 Å². The minimum atomic E-state index is -0.446. The molecule has 4 heteroatoms. The first-order valence-electron chi connectivity index (χ1n) is 12.8. The molecule has 6 aromatic carbocycles. The maximum absolute atomic E-state index is 2.23. The quantitative estimate of drug-likeness (QED) is 0.121. The van der Waals surface area contributed by atoms with Crippen molar-refractivity contribution in [2.45, 2.75) is 37.1 Å². The summed E-state index contributed by atoms with van der Waals surface area (Å²) in [5, 5.41) is 8.39. The van der Waals surface area contributed by atoms with E-state index in [2.05, 4.69) is 182 Å².